The molecule has 2 heterocycles. The molecular weight excluding hydrogens is 541 g/mol. The second-order valence-corrected chi connectivity index (χ2v) is 11.6. The van der Waals surface area contributed by atoms with Crippen LogP contribution in [0.15, 0.2) is 59.8 Å². The molecule has 2 aliphatic rings. The first-order valence-corrected chi connectivity index (χ1v) is 15.1. The Labute approximate surface area is 244 Å². The lowest BCUT2D eigenvalue weighted by molar-refractivity contribution is -0.144. The number of nitrogens with zero attached hydrogens (tertiary/aromatic N) is 4. The van der Waals surface area contributed by atoms with Gasteiger partial charge in [-0.3, -0.25) is 9.59 Å². The fourth-order valence-corrected chi connectivity index (χ4v) is 6.47. The van der Waals surface area contributed by atoms with Crippen molar-refractivity contribution in [3.63, 3.8) is 0 Å². The largest absolute Gasteiger partial charge is 0.378 e. The molecule has 2 amide bonds. The van der Waals surface area contributed by atoms with Crippen LogP contribution in [0.4, 0.5) is 15.8 Å². The number of aromatic nitrogens is 2. The van der Waals surface area contributed by atoms with Crippen molar-refractivity contribution in [2.75, 3.05) is 42.3 Å². The molecule has 5 rings (SSSR count). The maximum absolute atomic E-state index is 14.8. The summed E-state index contributed by atoms with van der Waals surface area (Å²) in [6.45, 7) is 6.82. The molecule has 1 N–H and O–H groups in total. The molecule has 41 heavy (non-hydrogen) atoms. The van der Waals surface area contributed by atoms with E-state index in [9.17, 15) is 14.0 Å². The highest BCUT2D eigenvalue weighted by Gasteiger charge is 2.48. The van der Waals surface area contributed by atoms with Gasteiger partial charge >= 0.3 is 0 Å². The van der Waals surface area contributed by atoms with E-state index >= 15 is 0 Å². The number of morpholine rings is 1. The molecule has 3 aromatic rings. The first kappa shape index (κ1) is 29.0. The summed E-state index contributed by atoms with van der Waals surface area (Å²) in [6, 6.07) is 16.1. The predicted octanol–water partition coefficient (Wildman–Crippen LogP) is 5.14. The highest BCUT2D eigenvalue weighted by Crippen LogP contribution is 2.38. The first-order chi connectivity index (χ1) is 19.8. The lowest BCUT2D eigenvalue weighted by Gasteiger charge is -2.40. The molecular formula is C31H36FN5O3S. The fraction of sp³-hybridized carbons (Fsp3) is 0.419. The van der Waals surface area contributed by atoms with Gasteiger partial charge in [-0.2, -0.15) is 0 Å². The van der Waals surface area contributed by atoms with Crippen molar-refractivity contribution < 1.29 is 18.7 Å². The van der Waals surface area contributed by atoms with Crippen LogP contribution >= 0.6 is 11.8 Å². The van der Waals surface area contributed by atoms with Gasteiger partial charge in [-0.15, -0.1) is 0 Å². The van der Waals surface area contributed by atoms with Crippen molar-refractivity contribution >= 4 is 35.0 Å². The zero-order chi connectivity index (χ0) is 28.8. The summed E-state index contributed by atoms with van der Waals surface area (Å²) in [4.78, 5) is 40.7. The quantitative estimate of drug-likeness (QED) is 0.278. The standard InChI is InChI=1S/C31H36FN5O3S/c1-22-19-23(2)34-30(33-22)41-21-28(38)37(20-24-7-3-4-8-27(24)32)31(13-5-6-14-31)29(39)35-25-9-11-26(12-10-25)36-15-17-40-18-16-36/h3-4,7-12,19H,5-6,13-18,20-21H2,1-2H3,(H,35,39). The van der Waals surface area contributed by atoms with E-state index in [0.717, 1.165) is 43.0 Å². The Morgan fingerprint density at radius 2 is 1.68 bits per heavy atom. The van der Waals surface area contributed by atoms with Crippen LogP contribution in [0, 0.1) is 19.7 Å². The molecule has 2 fully saturated rings. The van der Waals surface area contributed by atoms with E-state index in [2.05, 4.69) is 20.2 Å². The third-order valence-electron chi connectivity index (χ3n) is 7.75. The molecule has 216 valence electrons. The highest BCUT2D eigenvalue weighted by atomic mass is 32.2. The number of halogens is 1. The number of carbonyl (C=O) groups is 2. The van der Waals surface area contributed by atoms with Crippen molar-refractivity contribution in [3.05, 3.63) is 77.4 Å². The Bertz CT molecular complexity index is 1350. The molecule has 0 radical (unpaired) electrons. The summed E-state index contributed by atoms with van der Waals surface area (Å²) >= 11 is 1.24. The van der Waals surface area contributed by atoms with E-state index in [-0.39, 0.29) is 24.1 Å². The van der Waals surface area contributed by atoms with Crippen molar-refractivity contribution in [1.29, 1.82) is 0 Å². The number of hydrogen-bond donors (Lipinski definition) is 1. The van der Waals surface area contributed by atoms with Crippen LogP contribution in [0.3, 0.4) is 0 Å². The molecule has 1 aliphatic heterocycles. The smallest absolute Gasteiger partial charge is 0.250 e. The minimum Gasteiger partial charge on any atom is -0.378 e. The zero-order valence-corrected chi connectivity index (χ0v) is 24.4. The van der Waals surface area contributed by atoms with Gasteiger partial charge in [0, 0.05) is 48.0 Å². The summed E-state index contributed by atoms with van der Waals surface area (Å²) < 4.78 is 20.3. The third-order valence-corrected chi connectivity index (χ3v) is 8.58. The molecule has 1 aliphatic carbocycles. The number of aryl methyl sites for hydroxylation is 2. The maximum Gasteiger partial charge on any atom is 0.250 e. The molecule has 0 atom stereocenters. The summed E-state index contributed by atoms with van der Waals surface area (Å²) in [6.07, 6.45) is 2.63. The molecule has 8 nitrogen and oxygen atoms in total. The Morgan fingerprint density at radius 3 is 2.34 bits per heavy atom. The Balaban J connectivity index is 1.39. The molecule has 1 saturated carbocycles. The molecule has 10 heteroatoms. The van der Waals surface area contributed by atoms with Crippen LogP contribution in [0.25, 0.3) is 0 Å². The average molecular weight is 578 g/mol. The number of nitrogens with one attached hydrogen (secondary N) is 1. The second-order valence-electron chi connectivity index (χ2n) is 10.6. The number of thioether (sulfide) groups is 1. The lowest BCUT2D eigenvalue weighted by atomic mass is 9.92. The number of amides is 2. The zero-order valence-electron chi connectivity index (χ0n) is 23.6. The minimum absolute atomic E-state index is 0.00313. The predicted molar refractivity (Wildman–Crippen MR) is 158 cm³/mol. The van der Waals surface area contributed by atoms with Crippen molar-refractivity contribution in [1.82, 2.24) is 14.9 Å². The van der Waals surface area contributed by atoms with Gasteiger partial charge in [0.1, 0.15) is 11.4 Å². The summed E-state index contributed by atoms with van der Waals surface area (Å²) in [7, 11) is 0. The van der Waals surface area contributed by atoms with Crippen LogP contribution in [0.5, 0.6) is 0 Å². The highest BCUT2D eigenvalue weighted by molar-refractivity contribution is 7.99. The van der Waals surface area contributed by atoms with E-state index in [1.165, 1.54) is 17.8 Å². The van der Waals surface area contributed by atoms with E-state index in [1.54, 1.807) is 23.1 Å². The Kier molecular flexibility index (Phi) is 9.19. The van der Waals surface area contributed by atoms with Gasteiger partial charge < -0.3 is 19.9 Å². The topological polar surface area (TPSA) is 87.7 Å². The molecule has 0 unspecified atom stereocenters. The fourth-order valence-electron chi connectivity index (χ4n) is 5.64. The van der Waals surface area contributed by atoms with Gasteiger partial charge in [0.05, 0.1) is 19.0 Å². The molecule has 0 bridgehead atoms. The Hall–Kier alpha value is -3.50. The van der Waals surface area contributed by atoms with E-state index in [1.807, 2.05) is 44.2 Å². The van der Waals surface area contributed by atoms with Gasteiger partial charge in [-0.1, -0.05) is 42.8 Å². The maximum atomic E-state index is 14.8. The lowest BCUT2D eigenvalue weighted by Crippen LogP contribution is -2.57. The number of benzene rings is 2. The SMILES string of the molecule is Cc1cc(C)nc(SCC(=O)N(Cc2ccccc2F)C2(C(=O)Nc3ccc(N4CCOCC4)cc3)CCCC2)n1. The van der Waals surface area contributed by atoms with Crippen molar-refractivity contribution in [2.24, 2.45) is 0 Å². The number of hydrogen-bond acceptors (Lipinski definition) is 7. The number of carbonyl (C=O) groups excluding carboxylic acids is 2. The summed E-state index contributed by atoms with van der Waals surface area (Å²) in [5.74, 6) is -0.851. The summed E-state index contributed by atoms with van der Waals surface area (Å²) in [5.41, 5.74) is 2.66. The van der Waals surface area contributed by atoms with Crippen LogP contribution in [-0.4, -0.2) is 64.3 Å². The van der Waals surface area contributed by atoms with Crippen LogP contribution in [0.2, 0.25) is 0 Å². The Morgan fingerprint density at radius 1 is 1.02 bits per heavy atom. The average Bonchev–Trinajstić information content (AvgIpc) is 3.47. The minimum atomic E-state index is -1.09. The monoisotopic (exact) mass is 577 g/mol. The van der Waals surface area contributed by atoms with Crippen molar-refractivity contribution in [3.8, 4) is 0 Å². The summed E-state index contributed by atoms with van der Waals surface area (Å²) in [5, 5.41) is 3.58. The van der Waals surface area contributed by atoms with Gasteiger partial charge in [-0.05, 0) is 63.1 Å². The number of ether oxygens (including phenoxy) is 1. The number of rotatable bonds is 9. The van der Waals surface area contributed by atoms with E-state index in [0.29, 0.717) is 42.5 Å². The van der Waals surface area contributed by atoms with Gasteiger partial charge in [0.2, 0.25) is 11.8 Å². The first-order valence-electron chi connectivity index (χ1n) is 14.1. The van der Waals surface area contributed by atoms with Gasteiger partial charge in [-0.25, -0.2) is 14.4 Å². The molecule has 2 aromatic carbocycles. The number of anilines is 2. The van der Waals surface area contributed by atoms with Crippen molar-refractivity contribution in [2.45, 2.75) is 56.8 Å². The van der Waals surface area contributed by atoms with Gasteiger partial charge in [0.15, 0.2) is 5.16 Å². The van der Waals surface area contributed by atoms with E-state index in [4.69, 9.17) is 4.74 Å². The van der Waals surface area contributed by atoms with Crippen LogP contribution in [0.1, 0.15) is 42.6 Å². The second kappa shape index (κ2) is 13.0. The molecule has 1 aromatic heterocycles. The van der Waals surface area contributed by atoms with E-state index < -0.39 is 11.4 Å². The van der Waals surface area contributed by atoms with Crippen LogP contribution < -0.4 is 10.2 Å². The normalized spacial score (nSPS) is 16.4. The molecule has 1 saturated heterocycles. The third kappa shape index (κ3) is 6.87. The molecule has 0 spiro atoms. The van der Waals surface area contributed by atoms with Gasteiger partial charge in [0.25, 0.3) is 0 Å². The van der Waals surface area contributed by atoms with Crippen LogP contribution in [-0.2, 0) is 20.9 Å².